The molecule has 0 fully saturated rings. The molecule has 0 bridgehead atoms. The molecule has 1 amide bonds. The number of carboxylic acids is 1. The average Bonchev–Trinajstić information content (AvgIpc) is 3.15. The number of aliphatic carboxylic acids is 1. The van der Waals surface area contributed by atoms with E-state index in [2.05, 4.69) is 24.3 Å². The van der Waals surface area contributed by atoms with Crippen molar-refractivity contribution in [2.24, 2.45) is 7.05 Å². The van der Waals surface area contributed by atoms with Crippen molar-refractivity contribution in [3.8, 4) is 0 Å². The molecule has 6 nitrogen and oxygen atoms in total. The molecule has 0 aliphatic heterocycles. The number of aromatic nitrogens is 2. The fraction of sp³-hybridized carbons (Fsp3) is 0.316. The van der Waals surface area contributed by atoms with Gasteiger partial charge in [-0.05, 0) is 17.5 Å². The number of amides is 1. The summed E-state index contributed by atoms with van der Waals surface area (Å²) in [4.78, 5) is 25.4. The third-order valence-corrected chi connectivity index (χ3v) is 5.40. The van der Waals surface area contributed by atoms with E-state index >= 15 is 0 Å². The Morgan fingerprint density at radius 2 is 1.96 bits per heavy atom. The van der Waals surface area contributed by atoms with Crippen LogP contribution in [-0.2, 0) is 11.8 Å². The fourth-order valence-corrected chi connectivity index (χ4v) is 3.93. The predicted octanol–water partition coefficient (Wildman–Crippen LogP) is 3.70. The van der Waals surface area contributed by atoms with Gasteiger partial charge in [0.05, 0.1) is 23.0 Å². The van der Waals surface area contributed by atoms with Gasteiger partial charge in [-0.3, -0.25) is 14.3 Å². The quantitative estimate of drug-likeness (QED) is 0.692. The molecule has 136 valence electrons. The number of carboxylic acid groups (broad SMARTS) is 1. The number of carbonyl (C=O) groups excluding carboxylic acids is 1. The highest BCUT2D eigenvalue weighted by atomic mass is 32.1. The van der Waals surface area contributed by atoms with Crippen LogP contribution in [0.15, 0.2) is 36.4 Å². The zero-order valence-electron chi connectivity index (χ0n) is 14.9. The summed E-state index contributed by atoms with van der Waals surface area (Å²) in [5, 5.41) is 17.5. The van der Waals surface area contributed by atoms with Crippen molar-refractivity contribution in [1.82, 2.24) is 15.1 Å². The van der Waals surface area contributed by atoms with Crippen LogP contribution in [0.1, 0.15) is 53.2 Å². The molecule has 0 saturated heterocycles. The number of aryl methyl sites for hydroxylation is 1. The van der Waals surface area contributed by atoms with Crippen LogP contribution in [0.25, 0.3) is 10.2 Å². The number of carbonyl (C=O) groups is 2. The van der Waals surface area contributed by atoms with E-state index in [4.69, 9.17) is 0 Å². The second kappa shape index (κ2) is 7.29. The Morgan fingerprint density at radius 3 is 2.58 bits per heavy atom. The summed E-state index contributed by atoms with van der Waals surface area (Å²) < 4.78 is 1.79. The van der Waals surface area contributed by atoms with E-state index in [1.165, 1.54) is 11.3 Å². The van der Waals surface area contributed by atoms with Crippen LogP contribution in [-0.4, -0.2) is 26.8 Å². The van der Waals surface area contributed by atoms with Crippen molar-refractivity contribution in [3.63, 3.8) is 0 Å². The zero-order valence-corrected chi connectivity index (χ0v) is 15.7. The van der Waals surface area contributed by atoms with Gasteiger partial charge in [0.1, 0.15) is 4.83 Å². The highest BCUT2D eigenvalue weighted by Crippen LogP contribution is 2.32. The van der Waals surface area contributed by atoms with Crippen molar-refractivity contribution in [3.05, 3.63) is 52.5 Å². The monoisotopic (exact) mass is 371 g/mol. The lowest BCUT2D eigenvalue weighted by Gasteiger charge is -2.16. The molecule has 0 saturated carbocycles. The fourth-order valence-electron chi connectivity index (χ4n) is 2.95. The van der Waals surface area contributed by atoms with Crippen molar-refractivity contribution in [1.29, 1.82) is 0 Å². The minimum absolute atomic E-state index is 0.167. The van der Waals surface area contributed by atoms with Gasteiger partial charge in [-0.25, -0.2) is 0 Å². The number of hydrogen-bond acceptors (Lipinski definition) is 4. The Labute approximate surface area is 155 Å². The molecule has 3 rings (SSSR count). The molecule has 2 N–H and O–H groups in total. The lowest BCUT2D eigenvalue weighted by molar-refractivity contribution is -0.137. The van der Waals surface area contributed by atoms with Gasteiger partial charge in [-0.1, -0.05) is 44.2 Å². The third kappa shape index (κ3) is 3.62. The van der Waals surface area contributed by atoms with Gasteiger partial charge in [-0.15, -0.1) is 11.3 Å². The molecule has 26 heavy (non-hydrogen) atoms. The Hall–Kier alpha value is -2.67. The summed E-state index contributed by atoms with van der Waals surface area (Å²) in [6.45, 7) is 4.13. The van der Waals surface area contributed by atoms with Crippen LogP contribution in [0.2, 0.25) is 0 Å². The van der Waals surface area contributed by atoms with E-state index in [1.807, 2.05) is 43.4 Å². The maximum Gasteiger partial charge on any atom is 0.305 e. The molecule has 2 heterocycles. The first-order valence-electron chi connectivity index (χ1n) is 8.41. The third-order valence-electron chi connectivity index (χ3n) is 4.20. The molecule has 0 spiro atoms. The summed E-state index contributed by atoms with van der Waals surface area (Å²) in [7, 11) is 1.86. The minimum Gasteiger partial charge on any atom is -0.481 e. The summed E-state index contributed by atoms with van der Waals surface area (Å²) >= 11 is 1.37. The van der Waals surface area contributed by atoms with Crippen molar-refractivity contribution in [2.45, 2.75) is 32.2 Å². The maximum atomic E-state index is 12.7. The highest BCUT2D eigenvalue weighted by Gasteiger charge is 2.22. The molecule has 1 atom stereocenters. The second-order valence-corrected chi connectivity index (χ2v) is 7.56. The maximum absolute atomic E-state index is 12.7. The van der Waals surface area contributed by atoms with Gasteiger partial charge in [-0.2, -0.15) is 5.10 Å². The van der Waals surface area contributed by atoms with Crippen LogP contribution >= 0.6 is 11.3 Å². The number of hydrogen-bond donors (Lipinski definition) is 2. The number of nitrogens with zero attached hydrogens (tertiary/aromatic N) is 2. The molecule has 3 aromatic rings. The molecule has 1 unspecified atom stereocenters. The van der Waals surface area contributed by atoms with E-state index in [9.17, 15) is 14.7 Å². The van der Waals surface area contributed by atoms with E-state index in [0.717, 1.165) is 21.5 Å². The summed E-state index contributed by atoms with van der Waals surface area (Å²) in [5.41, 5.74) is 1.73. The van der Waals surface area contributed by atoms with E-state index in [0.29, 0.717) is 4.88 Å². The van der Waals surface area contributed by atoms with Crippen LogP contribution in [0, 0.1) is 0 Å². The second-order valence-electron chi connectivity index (χ2n) is 6.53. The molecule has 7 heteroatoms. The number of rotatable bonds is 6. The average molecular weight is 371 g/mol. The van der Waals surface area contributed by atoms with Gasteiger partial charge < -0.3 is 10.4 Å². The van der Waals surface area contributed by atoms with Crippen molar-refractivity contribution < 1.29 is 14.7 Å². The number of benzene rings is 1. The first-order valence-corrected chi connectivity index (χ1v) is 9.22. The molecule has 0 radical (unpaired) electrons. The Bertz CT molecular complexity index is 944. The number of thiophene rings is 1. The van der Waals surface area contributed by atoms with Gasteiger partial charge in [0.2, 0.25) is 0 Å². The summed E-state index contributed by atoms with van der Waals surface area (Å²) in [5.74, 6) is -0.967. The SMILES string of the molecule is CC(C)c1nn(C)c2sc(C(=O)NC(CC(=O)O)c3ccccc3)cc12. The zero-order chi connectivity index (χ0) is 18.8. The molecular weight excluding hydrogens is 350 g/mol. The van der Waals surface area contributed by atoms with Crippen molar-refractivity contribution >= 4 is 33.4 Å². The van der Waals surface area contributed by atoms with Gasteiger partial charge in [0.15, 0.2) is 0 Å². The van der Waals surface area contributed by atoms with Crippen LogP contribution in [0.4, 0.5) is 0 Å². The standard InChI is InChI=1S/C19H21N3O3S/c1-11(2)17-13-9-15(26-19(13)22(3)21-17)18(25)20-14(10-16(23)24)12-7-5-4-6-8-12/h4-9,11,14H,10H2,1-3H3,(H,20,25)(H,23,24). The van der Waals surface area contributed by atoms with Crippen LogP contribution in [0.5, 0.6) is 0 Å². The topological polar surface area (TPSA) is 84.2 Å². The van der Waals surface area contributed by atoms with E-state index in [1.54, 1.807) is 4.68 Å². The molecule has 0 aliphatic carbocycles. The van der Waals surface area contributed by atoms with Crippen LogP contribution < -0.4 is 5.32 Å². The lowest BCUT2D eigenvalue weighted by atomic mass is 10.0. The Kier molecular flexibility index (Phi) is 5.08. The first kappa shape index (κ1) is 18.1. The van der Waals surface area contributed by atoms with Gasteiger partial charge in [0, 0.05) is 12.4 Å². The minimum atomic E-state index is -0.957. The van der Waals surface area contributed by atoms with Gasteiger partial charge >= 0.3 is 5.97 Å². The van der Waals surface area contributed by atoms with Gasteiger partial charge in [0.25, 0.3) is 5.91 Å². The summed E-state index contributed by atoms with van der Waals surface area (Å²) in [6, 6.07) is 10.4. The molecular formula is C19H21N3O3S. The first-order chi connectivity index (χ1) is 12.4. The van der Waals surface area contributed by atoms with E-state index < -0.39 is 12.0 Å². The smallest absolute Gasteiger partial charge is 0.305 e. The molecule has 0 aliphatic rings. The van der Waals surface area contributed by atoms with Crippen LogP contribution in [0.3, 0.4) is 0 Å². The van der Waals surface area contributed by atoms with E-state index in [-0.39, 0.29) is 18.2 Å². The summed E-state index contributed by atoms with van der Waals surface area (Å²) in [6.07, 6.45) is -0.167. The van der Waals surface area contributed by atoms with Crippen molar-refractivity contribution in [2.75, 3.05) is 0 Å². The number of nitrogens with one attached hydrogen (secondary N) is 1. The molecule has 1 aromatic carbocycles. The highest BCUT2D eigenvalue weighted by molar-refractivity contribution is 7.20. The number of fused-ring (bicyclic) bond motifs is 1. The lowest BCUT2D eigenvalue weighted by Crippen LogP contribution is -2.29. The normalized spacial score (nSPS) is 12.5. The largest absolute Gasteiger partial charge is 0.481 e. The predicted molar refractivity (Wildman–Crippen MR) is 102 cm³/mol. The molecule has 2 aromatic heterocycles. The Balaban J connectivity index is 1.89. The Morgan fingerprint density at radius 1 is 1.27 bits per heavy atom.